The lowest BCUT2D eigenvalue weighted by Gasteiger charge is -2.19. The van der Waals surface area contributed by atoms with E-state index in [9.17, 15) is 0 Å². The van der Waals surface area contributed by atoms with Gasteiger partial charge in [0, 0.05) is 44.5 Å². The molecule has 1 aliphatic carbocycles. The lowest BCUT2D eigenvalue weighted by molar-refractivity contribution is 0.315. The molecule has 0 bridgehead atoms. The van der Waals surface area contributed by atoms with Crippen LogP contribution in [-0.2, 0) is 13.5 Å². The van der Waals surface area contributed by atoms with Gasteiger partial charge < -0.3 is 15.5 Å². The van der Waals surface area contributed by atoms with Crippen molar-refractivity contribution in [3.05, 3.63) is 17.0 Å². The van der Waals surface area contributed by atoms with E-state index in [2.05, 4.69) is 48.3 Å². The highest BCUT2D eigenvalue weighted by molar-refractivity contribution is 14.0. The van der Waals surface area contributed by atoms with Crippen molar-refractivity contribution in [3.8, 4) is 0 Å². The first-order valence-electron chi connectivity index (χ1n) is 10.3. The van der Waals surface area contributed by atoms with E-state index >= 15 is 0 Å². The van der Waals surface area contributed by atoms with Gasteiger partial charge in [0.05, 0.1) is 5.69 Å². The summed E-state index contributed by atoms with van der Waals surface area (Å²) in [7, 11) is 2.02. The molecule has 1 aromatic heterocycles. The highest BCUT2D eigenvalue weighted by atomic mass is 127. The number of likely N-dealkylation sites (tertiary alicyclic amines) is 1. The maximum absolute atomic E-state index is 4.89. The number of hydrogen-bond acceptors (Lipinski definition) is 3. The predicted octanol–water partition coefficient (Wildman–Crippen LogP) is 2.63. The fourth-order valence-electron chi connectivity index (χ4n) is 4.03. The molecule has 0 amide bonds. The smallest absolute Gasteiger partial charge is 0.191 e. The van der Waals surface area contributed by atoms with Gasteiger partial charge in [0.25, 0.3) is 0 Å². The Bertz CT molecular complexity index is 637. The molecule has 6 nitrogen and oxygen atoms in total. The van der Waals surface area contributed by atoms with Crippen LogP contribution in [0.5, 0.6) is 0 Å². The van der Waals surface area contributed by atoms with Gasteiger partial charge in [-0.15, -0.1) is 24.0 Å². The molecule has 2 N–H and O–H groups in total. The van der Waals surface area contributed by atoms with E-state index < -0.39 is 0 Å². The van der Waals surface area contributed by atoms with Crippen molar-refractivity contribution in [2.24, 2.45) is 18.0 Å². The molecular formula is C20H37IN6. The molecule has 7 heteroatoms. The summed E-state index contributed by atoms with van der Waals surface area (Å²) < 4.78 is 1.97. The van der Waals surface area contributed by atoms with E-state index in [4.69, 9.17) is 4.99 Å². The molecule has 2 heterocycles. The summed E-state index contributed by atoms with van der Waals surface area (Å²) in [5.41, 5.74) is 3.73. The van der Waals surface area contributed by atoms with E-state index in [-0.39, 0.29) is 24.0 Å². The van der Waals surface area contributed by atoms with Crippen LogP contribution in [0.2, 0.25) is 0 Å². The molecule has 3 rings (SSSR count). The van der Waals surface area contributed by atoms with Gasteiger partial charge in [-0.2, -0.15) is 5.10 Å². The molecule has 1 saturated carbocycles. The van der Waals surface area contributed by atoms with Gasteiger partial charge in [-0.05, 0) is 71.4 Å². The molecular weight excluding hydrogens is 451 g/mol. The van der Waals surface area contributed by atoms with Crippen molar-refractivity contribution >= 4 is 29.9 Å². The van der Waals surface area contributed by atoms with Gasteiger partial charge in [-0.1, -0.05) is 0 Å². The molecule has 154 valence electrons. The molecule has 0 aromatic carbocycles. The average molecular weight is 488 g/mol. The van der Waals surface area contributed by atoms with Crippen molar-refractivity contribution in [3.63, 3.8) is 0 Å². The van der Waals surface area contributed by atoms with Gasteiger partial charge in [0.15, 0.2) is 5.96 Å². The summed E-state index contributed by atoms with van der Waals surface area (Å²) in [6, 6.07) is 1.21. The monoisotopic (exact) mass is 488 g/mol. The number of guanidine groups is 1. The minimum Gasteiger partial charge on any atom is -0.357 e. The maximum Gasteiger partial charge on any atom is 0.191 e. The average Bonchev–Trinajstić information content (AvgIpc) is 3.30. The molecule has 27 heavy (non-hydrogen) atoms. The second-order valence-electron chi connectivity index (χ2n) is 8.12. The number of aromatic nitrogens is 2. The molecule has 1 aromatic rings. The van der Waals surface area contributed by atoms with Gasteiger partial charge in [-0.25, -0.2) is 0 Å². The van der Waals surface area contributed by atoms with Gasteiger partial charge in [-0.3, -0.25) is 9.67 Å². The van der Waals surface area contributed by atoms with Gasteiger partial charge in [0.1, 0.15) is 0 Å². The van der Waals surface area contributed by atoms with Crippen LogP contribution < -0.4 is 10.6 Å². The lowest BCUT2D eigenvalue weighted by Crippen LogP contribution is -2.43. The molecule has 0 radical (unpaired) electrons. The Kier molecular flexibility index (Phi) is 8.39. The van der Waals surface area contributed by atoms with Crippen LogP contribution in [0.1, 0.15) is 50.1 Å². The van der Waals surface area contributed by atoms with Crippen LogP contribution >= 0.6 is 24.0 Å². The van der Waals surface area contributed by atoms with Gasteiger partial charge in [0.2, 0.25) is 0 Å². The molecule has 2 atom stereocenters. The van der Waals surface area contributed by atoms with Crippen LogP contribution in [-0.4, -0.2) is 58.9 Å². The fraction of sp³-hybridized carbons (Fsp3) is 0.800. The second-order valence-corrected chi connectivity index (χ2v) is 8.12. The summed E-state index contributed by atoms with van der Waals surface area (Å²) in [5, 5.41) is 11.5. The van der Waals surface area contributed by atoms with Crippen molar-refractivity contribution < 1.29 is 0 Å². The van der Waals surface area contributed by atoms with Crippen LogP contribution in [0.4, 0.5) is 0 Å². The van der Waals surface area contributed by atoms with Crippen molar-refractivity contribution in [2.75, 3.05) is 26.2 Å². The highest BCUT2D eigenvalue weighted by Crippen LogP contribution is 2.31. The maximum atomic E-state index is 4.89. The van der Waals surface area contributed by atoms with Crippen molar-refractivity contribution in [1.29, 1.82) is 0 Å². The number of hydrogen-bond donors (Lipinski definition) is 2. The SMILES string of the molecule is CCNC(=NCC1CCN(C2CC2)C1)NC(C)Cc1c(C)nn(C)c1C.I. The molecule has 0 spiro atoms. The Hall–Kier alpha value is -0.830. The van der Waals surface area contributed by atoms with E-state index in [1.807, 2.05) is 11.7 Å². The Balaban J connectivity index is 0.00000261. The zero-order chi connectivity index (χ0) is 18.7. The lowest BCUT2D eigenvalue weighted by atomic mass is 10.1. The van der Waals surface area contributed by atoms with Crippen molar-refractivity contribution in [2.45, 2.75) is 65.5 Å². The van der Waals surface area contributed by atoms with Crippen LogP contribution in [0.3, 0.4) is 0 Å². The van der Waals surface area contributed by atoms with E-state index in [1.54, 1.807) is 0 Å². The first-order chi connectivity index (χ1) is 12.5. The number of nitrogens with zero attached hydrogens (tertiary/aromatic N) is 4. The van der Waals surface area contributed by atoms with E-state index in [0.717, 1.165) is 37.2 Å². The highest BCUT2D eigenvalue weighted by Gasteiger charge is 2.34. The third kappa shape index (κ3) is 6.07. The number of rotatable bonds is 7. The predicted molar refractivity (Wildman–Crippen MR) is 123 cm³/mol. The zero-order valence-corrected chi connectivity index (χ0v) is 19.9. The minimum absolute atomic E-state index is 0. The zero-order valence-electron chi connectivity index (χ0n) is 17.6. The standard InChI is InChI=1S/C20H36N6.HI/c1-6-21-20(22-12-17-9-10-26(13-17)18-7-8-18)23-14(2)11-19-15(3)24-25(5)16(19)4;/h14,17-18H,6-13H2,1-5H3,(H2,21,22,23);1H. The van der Waals surface area contributed by atoms with Crippen molar-refractivity contribution in [1.82, 2.24) is 25.3 Å². The quantitative estimate of drug-likeness (QED) is 0.352. The normalized spacial score (nSPS) is 21.8. The summed E-state index contributed by atoms with van der Waals surface area (Å²) in [5.74, 6) is 1.66. The summed E-state index contributed by atoms with van der Waals surface area (Å²) >= 11 is 0. The molecule has 2 unspecified atom stereocenters. The summed E-state index contributed by atoms with van der Waals surface area (Å²) in [6.45, 7) is 12.9. The first-order valence-corrected chi connectivity index (χ1v) is 10.3. The third-order valence-corrected chi connectivity index (χ3v) is 5.78. The van der Waals surface area contributed by atoms with E-state index in [1.165, 1.54) is 43.6 Å². The first kappa shape index (κ1) is 22.5. The van der Waals surface area contributed by atoms with E-state index in [0.29, 0.717) is 12.0 Å². The Morgan fingerprint density at radius 2 is 2.04 bits per heavy atom. The Labute approximate surface area is 181 Å². The minimum atomic E-state index is 0. The summed E-state index contributed by atoms with van der Waals surface area (Å²) in [6.07, 6.45) is 5.08. The number of aryl methyl sites for hydroxylation is 2. The fourth-order valence-corrected chi connectivity index (χ4v) is 4.03. The van der Waals surface area contributed by atoms with Gasteiger partial charge >= 0.3 is 0 Å². The number of nitrogens with one attached hydrogen (secondary N) is 2. The Morgan fingerprint density at radius 1 is 1.30 bits per heavy atom. The topological polar surface area (TPSA) is 57.5 Å². The largest absolute Gasteiger partial charge is 0.357 e. The Morgan fingerprint density at radius 3 is 2.63 bits per heavy atom. The van der Waals surface area contributed by atoms with Crippen LogP contribution in [0.15, 0.2) is 4.99 Å². The number of halogens is 1. The molecule has 1 saturated heterocycles. The van der Waals surface area contributed by atoms with Crippen LogP contribution in [0.25, 0.3) is 0 Å². The number of aliphatic imine (C=N–C) groups is 1. The third-order valence-electron chi connectivity index (χ3n) is 5.78. The van der Waals surface area contributed by atoms with Crippen LogP contribution in [0, 0.1) is 19.8 Å². The second kappa shape index (κ2) is 10.1. The molecule has 1 aliphatic heterocycles. The molecule has 2 aliphatic rings. The summed E-state index contributed by atoms with van der Waals surface area (Å²) in [4.78, 5) is 7.55. The molecule has 2 fully saturated rings.